The standard InChI is InChI=1S/C18H16N2O3S/c1-2-13(17(22)23)20-14-10-6-7-11-15(14)24-18(20)19-16(21)12-8-4-3-5-9-12/h3-11,13H,2H2,1H3,(H,22,23)/b19-18-. The second-order valence-electron chi connectivity index (χ2n) is 5.27. The van der Waals surface area contributed by atoms with Gasteiger partial charge in [-0.15, -0.1) is 0 Å². The summed E-state index contributed by atoms with van der Waals surface area (Å²) >= 11 is 1.32. The van der Waals surface area contributed by atoms with Crippen molar-refractivity contribution in [3.8, 4) is 0 Å². The molecule has 1 N–H and O–H groups in total. The number of aromatic nitrogens is 1. The Morgan fingerprint density at radius 2 is 1.79 bits per heavy atom. The molecule has 1 atom stereocenters. The van der Waals surface area contributed by atoms with Crippen LogP contribution in [0.2, 0.25) is 0 Å². The van der Waals surface area contributed by atoms with Gasteiger partial charge in [0.15, 0.2) is 4.80 Å². The summed E-state index contributed by atoms with van der Waals surface area (Å²) < 4.78 is 2.54. The smallest absolute Gasteiger partial charge is 0.326 e. The first kappa shape index (κ1) is 16.1. The van der Waals surface area contributed by atoms with E-state index in [1.807, 2.05) is 30.3 Å². The Balaban J connectivity index is 2.22. The van der Waals surface area contributed by atoms with Crippen LogP contribution in [0, 0.1) is 0 Å². The van der Waals surface area contributed by atoms with Crippen LogP contribution in [0.4, 0.5) is 0 Å². The van der Waals surface area contributed by atoms with Crippen LogP contribution in [-0.4, -0.2) is 21.6 Å². The summed E-state index contributed by atoms with van der Waals surface area (Å²) in [5, 5.41) is 9.54. The molecular formula is C18H16N2O3S. The van der Waals surface area contributed by atoms with Crippen molar-refractivity contribution in [3.63, 3.8) is 0 Å². The van der Waals surface area contributed by atoms with E-state index in [4.69, 9.17) is 0 Å². The minimum Gasteiger partial charge on any atom is -0.480 e. The molecule has 2 aromatic carbocycles. The molecule has 0 aliphatic carbocycles. The highest BCUT2D eigenvalue weighted by Gasteiger charge is 2.21. The Bertz CT molecular complexity index is 957. The molecule has 0 aliphatic heterocycles. The lowest BCUT2D eigenvalue weighted by Crippen LogP contribution is -2.27. The highest BCUT2D eigenvalue weighted by molar-refractivity contribution is 7.16. The SMILES string of the molecule is CCC(C(=O)O)n1/c(=N/C(=O)c2ccccc2)sc2ccccc21. The van der Waals surface area contributed by atoms with Gasteiger partial charge in [0.05, 0.1) is 10.2 Å². The van der Waals surface area contributed by atoms with E-state index in [0.717, 1.165) is 10.2 Å². The second-order valence-corrected chi connectivity index (χ2v) is 6.28. The number of amides is 1. The van der Waals surface area contributed by atoms with Gasteiger partial charge < -0.3 is 9.67 Å². The number of carboxylic acid groups (broad SMARTS) is 1. The average molecular weight is 340 g/mol. The summed E-state index contributed by atoms with van der Waals surface area (Å²) in [6.45, 7) is 1.81. The number of hydrogen-bond acceptors (Lipinski definition) is 3. The molecule has 122 valence electrons. The number of carbonyl (C=O) groups is 2. The van der Waals surface area contributed by atoms with E-state index >= 15 is 0 Å². The molecule has 0 bridgehead atoms. The number of benzene rings is 2. The van der Waals surface area contributed by atoms with Crippen molar-refractivity contribution in [1.29, 1.82) is 0 Å². The molecule has 3 aromatic rings. The number of rotatable bonds is 4. The third-order valence-corrected chi connectivity index (χ3v) is 4.77. The summed E-state index contributed by atoms with van der Waals surface area (Å²) in [5.41, 5.74) is 1.25. The molecule has 3 rings (SSSR count). The van der Waals surface area contributed by atoms with Gasteiger partial charge >= 0.3 is 5.97 Å². The predicted molar refractivity (Wildman–Crippen MR) is 93.1 cm³/mol. The van der Waals surface area contributed by atoms with Crippen molar-refractivity contribution in [2.24, 2.45) is 4.99 Å². The molecule has 1 aromatic heterocycles. The molecule has 24 heavy (non-hydrogen) atoms. The molecule has 6 heteroatoms. The Labute approximate surface area is 142 Å². The fourth-order valence-electron chi connectivity index (χ4n) is 2.57. The molecule has 1 amide bonds. The van der Waals surface area contributed by atoms with Gasteiger partial charge in [-0.25, -0.2) is 4.79 Å². The van der Waals surface area contributed by atoms with E-state index < -0.39 is 12.0 Å². The van der Waals surface area contributed by atoms with Crippen LogP contribution < -0.4 is 4.80 Å². The Morgan fingerprint density at radius 3 is 2.46 bits per heavy atom. The van der Waals surface area contributed by atoms with E-state index in [1.54, 1.807) is 35.8 Å². The van der Waals surface area contributed by atoms with Gasteiger partial charge in [0.1, 0.15) is 6.04 Å². The van der Waals surface area contributed by atoms with Crippen LogP contribution in [0.5, 0.6) is 0 Å². The summed E-state index contributed by atoms with van der Waals surface area (Å²) in [7, 11) is 0. The zero-order valence-corrected chi connectivity index (χ0v) is 13.9. The lowest BCUT2D eigenvalue weighted by molar-refractivity contribution is -0.140. The third-order valence-electron chi connectivity index (χ3n) is 3.73. The van der Waals surface area contributed by atoms with Crippen LogP contribution >= 0.6 is 11.3 Å². The zero-order valence-electron chi connectivity index (χ0n) is 13.0. The molecule has 0 radical (unpaired) electrons. The lowest BCUT2D eigenvalue weighted by atomic mass is 10.2. The minimum absolute atomic E-state index is 0.379. The highest BCUT2D eigenvalue weighted by atomic mass is 32.1. The number of para-hydroxylation sites is 1. The van der Waals surface area contributed by atoms with Gasteiger partial charge in [-0.3, -0.25) is 4.79 Å². The predicted octanol–water partition coefficient (Wildman–Crippen LogP) is 3.48. The van der Waals surface area contributed by atoms with Gasteiger partial charge in [0.2, 0.25) is 0 Å². The third kappa shape index (κ3) is 3.00. The molecule has 0 aliphatic rings. The monoisotopic (exact) mass is 340 g/mol. The fraction of sp³-hybridized carbons (Fsp3) is 0.167. The summed E-state index contributed by atoms with van der Waals surface area (Å²) in [4.78, 5) is 28.6. The maximum absolute atomic E-state index is 12.4. The molecule has 0 spiro atoms. The van der Waals surface area contributed by atoms with Crippen molar-refractivity contribution in [2.75, 3.05) is 0 Å². The van der Waals surface area contributed by atoms with Crippen molar-refractivity contribution in [1.82, 2.24) is 4.57 Å². The number of nitrogens with zero attached hydrogens (tertiary/aromatic N) is 2. The largest absolute Gasteiger partial charge is 0.480 e. The van der Waals surface area contributed by atoms with E-state index in [1.165, 1.54) is 11.3 Å². The molecular weight excluding hydrogens is 324 g/mol. The van der Waals surface area contributed by atoms with Gasteiger partial charge in [-0.05, 0) is 30.7 Å². The molecule has 0 saturated heterocycles. The van der Waals surface area contributed by atoms with Crippen LogP contribution in [0.15, 0.2) is 59.6 Å². The van der Waals surface area contributed by atoms with E-state index in [-0.39, 0.29) is 5.91 Å². The number of carboxylic acids is 1. The van der Waals surface area contributed by atoms with E-state index in [9.17, 15) is 14.7 Å². The van der Waals surface area contributed by atoms with Crippen LogP contribution in [0.25, 0.3) is 10.2 Å². The van der Waals surface area contributed by atoms with Crippen molar-refractivity contribution < 1.29 is 14.7 Å². The average Bonchev–Trinajstić information content (AvgIpc) is 2.94. The van der Waals surface area contributed by atoms with E-state index in [0.29, 0.717) is 16.8 Å². The number of carbonyl (C=O) groups excluding carboxylic acids is 1. The van der Waals surface area contributed by atoms with Gasteiger partial charge in [-0.1, -0.05) is 48.6 Å². The lowest BCUT2D eigenvalue weighted by Gasteiger charge is -2.13. The maximum atomic E-state index is 12.4. The van der Waals surface area contributed by atoms with Crippen molar-refractivity contribution >= 4 is 33.4 Å². The summed E-state index contributed by atoms with van der Waals surface area (Å²) in [5.74, 6) is -1.31. The zero-order chi connectivity index (χ0) is 17.1. The van der Waals surface area contributed by atoms with Gasteiger partial charge in [0, 0.05) is 5.56 Å². The van der Waals surface area contributed by atoms with Crippen LogP contribution in [0.1, 0.15) is 29.7 Å². The molecule has 0 saturated carbocycles. The van der Waals surface area contributed by atoms with Crippen LogP contribution in [0.3, 0.4) is 0 Å². The maximum Gasteiger partial charge on any atom is 0.326 e. The van der Waals surface area contributed by atoms with Crippen LogP contribution in [-0.2, 0) is 4.79 Å². The second kappa shape index (κ2) is 6.80. The first-order valence-corrected chi connectivity index (χ1v) is 8.40. The van der Waals surface area contributed by atoms with Gasteiger partial charge in [0.25, 0.3) is 5.91 Å². The summed E-state index contributed by atoms with van der Waals surface area (Å²) in [6.07, 6.45) is 0.406. The Hall–Kier alpha value is -2.73. The first-order valence-electron chi connectivity index (χ1n) is 7.58. The topological polar surface area (TPSA) is 71.7 Å². The summed E-state index contributed by atoms with van der Waals surface area (Å²) in [6, 6.07) is 15.5. The fourth-order valence-corrected chi connectivity index (χ4v) is 3.64. The molecule has 1 unspecified atom stereocenters. The number of hydrogen-bond donors (Lipinski definition) is 1. The number of thiazole rings is 1. The quantitative estimate of drug-likeness (QED) is 0.790. The number of aliphatic carboxylic acids is 1. The Kier molecular flexibility index (Phi) is 4.57. The Morgan fingerprint density at radius 1 is 1.12 bits per heavy atom. The van der Waals surface area contributed by atoms with Crippen molar-refractivity contribution in [3.05, 3.63) is 65.0 Å². The minimum atomic E-state index is -0.935. The van der Waals surface area contributed by atoms with E-state index in [2.05, 4.69) is 4.99 Å². The normalized spacial score (nSPS) is 13.1. The molecule has 0 fully saturated rings. The highest BCUT2D eigenvalue weighted by Crippen LogP contribution is 2.22. The first-order chi connectivity index (χ1) is 11.6. The number of fused-ring (bicyclic) bond motifs is 1. The molecule has 5 nitrogen and oxygen atoms in total. The van der Waals surface area contributed by atoms with Crippen molar-refractivity contribution in [2.45, 2.75) is 19.4 Å². The van der Waals surface area contributed by atoms with Gasteiger partial charge in [-0.2, -0.15) is 4.99 Å². The molecule has 1 heterocycles.